The molecule has 3 aromatic heterocycles. The molecule has 32 heteroatoms. The maximum atomic E-state index is 14.8. The van der Waals surface area contributed by atoms with Gasteiger partial charge in [0.2, 0.25) is 11.7 Å². The standard InChI is InChI=1S/C62H101NO18.C35H43N7O6/c1-40-18-13-12-14-19-41(2)52(73-9)38-48-24-22-42(3)59(68)62(71,81-48)61(70)63-26-16-15-20-49(63)60(69)80-53(39-50(64)43(4)35-46(7)57(67)58(75-11)56(66)45(6)34-40)44(5)36-47-23-25-51(54(37-47)74-10)79-55(65)21-17-27-76-30-31-78-33-32-77-29-28-72-8;1-3-11-44-13-15-46-17-18-47-16-14-45-12-9-31(43)41-10-8-26-19-25(4-5-28(26)22-41)21-42-35-32(34(36)37-23-38-35)33(40-42)27-6-7-30-29(20-27)39-24(2)48-30/h12-14,18-19,35,40,42-45,47-54,57-58,64,67,71H,15-17,20-34,36-39H2,1-11H3;4-7,19-20,23H,3,8-18,21-22H2,1-2H3,(H2,36,37,38)/b14-12+,18-13+,41-19+,46-35+;/t40-,42-,43-,44-,45-,47+,48+,49+,50-,51-,52+,53+,54-,57-,58+,62?;/m1./s1. The van der Waals surface area contributed by atoms with Gasteiger partial charge in [0.05, 0.1) is 129 Å². The molecule has 1 saturated carbocycles. The van der Waals surface area contributed by atoms with Gasteiger partial charge in [-0.2, -0.15) is 5.10 Å². The van der Waals surface area contributed by atoms with E-state index in [9.17, 15) is 44.1 Å². The van der Waals surface area contributed by atoms with Crippen molar-refractivity contribution in [1.82, 2.24) is 34.5 Å². The highest BCUT2D eigenvalue weighted by Gasteiger charge is 2.55. The highest BCUT2D eigenvalue weighted by molar-refractivity contribution is 6.09. The number of allylic oxidation sites excluding steroid dienone is 5. The lowest BCUT2D eigenvalue weighted by atomic mass is 9.78. The van der Waals surface area contributed by atoms with Crippen LogP contribution in [0.3, 0.4) is 0 Å². The van der Waals surface area contributed by atoms with Gasteiger partial charge in [0.25, 0.3) is 5.91 Å². The number of fused-ring (bicyclic) bond motifs is 6. The summed E-state index contributed by atoms with van der Waals surface area (Å²) in [6.45, 7) is 26.0. The number of rotatable bonds is 37. The molecule has 1 aliphatic carbocycles. The number of carbonyl (C=O) groups is 6. The van der Waals surface area contributed by atoms with Crippen molar-refractivity contribution in [2.24, 2.45) is 35.5 Å². The Kier molecular flexibility index (Phi) is 43.9. The van der Waals surface area contributed by atoms with Crippen LogP contribution in [0.4, 0.5) is 5.82 Å². The van der Waals surface area contributed by atoms with Crippen molar-refractivity contribution in [3.05, 3.63) is 113 Å². The van der Waals surface area contributed by atoms with Gasteiger partial charge in [-0.1, -0.05) is 96.2 Å². The highest BCUT2D eigenvalue weighted by atomic mass is 16.6. The fraction of sp³-hybridized carbons (Fsp3) is 0.670. The van der Waals surface area contributed by atoms with Crippen LogP contribution in [0.2, 0.25) is 0 Å². The Balaban J connectivity index is 0.000000329. The summed E-state index contributed by atoms with van der Waals surface area (Å²) in [5.74, 6) is -6.98. The minimum absolute atomic E-state index is 0.00555. The quantitative estimate of drug-likeness (QED) is 0.0124. The third kappa shape index (κ3) is 31.5. The zero-order valence-electron chi connectivity index (χ0n) is 78.2. The summed E-state index contributed by atoms with van der Waals surface area (Å²) in [6.07, 6.45) is 14.0. The van der Waals surface area contributed by atoms with Crippen LogP contribution in [0.1, 0.15) is 181 Å². The summed E-state index contributed by atoms with van der Waals surface area (Å²) in [5.41, 5.74) is 14.8. The molecule has 2 amide bonds. The predicted molar refractivity (Wildman–Crippen MR) is 484 cm³/mol. The van der Waals surface area contributed by atoms with Gasteiger partial charge in [-0.25, -0.2) is 24.4 Å². The van der Waals surface area contributed by atoms with Crippen molar-refractivity contribution < 1.29 is 115 Å². The van der Waals surface area contributed by atoms with Crippen molar-refractivity contribution in [2.45, 2.75) is 245 Å². The molecule has 5 aromatic rings. The second-order valence-corrected chi connectivity index (χ2v) is 34.9. The summed E-state index contributed by atoms with van der Waals surface area (Å²) in [5, 5.41) is 41.6. The number of aliphatic hydroxyl groups excluding tert-OH is 2. The molecule has 32 nitrogen and oxygen atoms in total. The van der Waals surface area contributed by atoms with Gasteiger partial charge >= 0.3 is 17.7 Å². The maximum Gasteiger partial charge on any atom is 0.329 e. The topological polar surface area (TPSA) is 394 Å². The molecule has 0 radical (unpaired) electrons. The van der Waals surface area contributed by atoms with E-state index in [0.29, 0.717) is 217 Å². The number of Topliss-reactive ketones (excluding diaryl/α,β-unsaturated/α-hetero) is 2. The number of oxazole rings is 1. The molecular weight excluding hydrogens is 1660 g/mol. The SMILES string of the molecule is CCCOCCOCCOCCOCCC(=O)N1CCc2cc(Cn3nc(-c4ccc5oc(C)nc5c4)c4c(N)ncnc43)ccc2C1.COCCOCCOCCOCCCC(=O)O[C@@H]1CC[C@@H](C[C@@H](C)[C@@H]2C[C@@H](O)[C@H](C)/C=C(\C)[C@@H](O)[C@@H](OC)C(=O)[C@H](C)C[C@H](C)/C=C/C=C/C=C(\C)[C@@H](OC)C[C@@H]3CC[C@@H](C)C(=O)C(O)(O3)C(=O)N3CCCC[C@H]3C(=O)O2)C[C@H]1OC. The number of nitrogen functional groups attached to an aromatic ring is 1. The fourth-order valence-electron chi connectivity index (χ4n) is 17.4. The van der Waals surface area contributed by atoms with E-state index < -0.39 is 96.1 Å². The van der Waals surface area contributed by atoms with Crippen LogP contribution in [0.25, 0.3) is 33.4 Å². The fourth-order valence-corrected chi connectivity index (χ4v) is 17.4. The van der Waals surface area contributed by atoms with Crippen molar-refractivity contribution in [2.75, 3.05) is 146 Å². The Morgan fingerprint density at radius 3 is 2.08 bits per heavy atom. The first-order chi connectivity index (χ1) is 62.2. The first-order valence-corrected chi connectivity index (χ1v) is 46.3. The molecule has 5 aliphatic rings. The minimum Gasteiger partial charge on any atom is -0.460 e. The number of cyclic esters (lactones) is 1. The Bertz CT molecular complexity index is 4450. The number of hydrogen-bond donors (Lipinski definition) is 4. The summed E-state index contributed by atoms with van der Waals surface area (Å²) in [4.78, 5) is 99.9. The molecule has 10 rings (SSSR count). The molecule has 5 N–H and O–H groups in total. The Morgan fingerprint density at radius 1 is 0.690 bits per heavy atom. The molecule has 716 valence electrons. The number of piperidine rings is 1. The molecule has 2 aromatic carbocycles. The number of benzene rings is 2. The Morgan fingerprint density at radius 2 is 1.39 bits per heavy atom. The number of anilines is 1. The number of ether oxygens (including phenoxy) is 14. The monoisotopic (exact) mass is 1810 g/mol. The van der Waals surface area contributed by atoms with Crippen LogP contribution in [0.5, 0.6) is 0 Å². The summed E-state index contributed by atoms with van der Waals surface area (Å²) < 4.78 is 87.1. The first-order valence-electron chi connectivity index (χ1n) is 46.3. The van der Waals surface area contributed by atoms with Crippen LogP contribution in [-0.2, 0) is 115 Å². The molecule has 3 fully saturated rings. The van der Waals surface area contributed by atoms with E-state index in [1.54, 1.807) is 48.2 Å². The van der Waals surface area contributed by atoms with Gasteiger partial charge < -0.3 is 102 Å². The third-order valence-electron chi connectivity index (χ3n) is 24.9. The van der Waals surface area contributed by atoms with E-state index >= 15 is 0 Å². The maximum absolute atomic E-state index is 14.8. The first kappa shape index (κ1) is 105. The number of methoxy groups -OCH3 is 4. The van der Waals surface area contributed by atoms with Gasteiger partial charge in [-0.05, 0) is 161 Å². The molecule has 1 unspecified atom stereocenters. The molecule has 2 bridgehead atoms. The molecule has 16 atom stereocenters. The van der Waals surface area contributed by atoms with Crippen LogP contribution in [0, 0.1) is 42.4 Å². The largest absolute Gasteiger partial charge is 0.460 e. The summed E-state index contributed by atoms with van der Waals surface area (Å²) in [7, 11) is 6.16. The highest BCUT2D eigenvalue weighted by Crippen LogP contribution is 2.39. The number of carbonyl (C=O) groups excluding carboxylic acids is 6. The normalized spacial score (nSPS) is 27.2. The number of nitrogens with zero attached hydrogens (tertiary/aromatic N) is 7. The number of aliphatic hydroxyl groups is 3. The third-order valence-corrected chi connectivity index (χ3v) is 24.9. The average molecular weight is 1810 g/mol. The van der Waals surface area contributed by atoms with Crippen molar-refractivity contribution in [3.8, 4) is 11.3 Å². The predicted octanol–water partition coefficient (Wildman–Crippen LogP) is 11.3. The second-order valence-electron chi connectivity index (χ2n) is 34.9. The summed E-state index contributed by atoms with van der Waals surface area (Å²) >= 11 is 0. The van der Waals surface area contributed by atoms with Gasteiger partial charge in [0.15, 0.2) is 22.9 Å². The zero-order valence-corrected chi connectivity index (χ0v) is 78.2. The molecule has 129 heavy (non-hydrogen) atoms. The van der Waals surface area contributed by atoms with E-state index in [0.717, 1.165) is 52.8 Å². The zero-order chi connectivity index (χ0) is 92.9. The number of ketones is 2. The van der Waals surface area contributed by atoms with E-state index in [2.05, 4.69) is 40.1 Å². The molecule has 7 heterocycles. The van der Waals surface area contributed by atoms with Crippen molar-refractivity contribution in [1.29, 1.82) is 0 Å². The van der Waals surface area contributed by atoms with Gasteiger partial charge in [-0.3, -0.25) is 24.0 Å². The van der Waals surface area contributed by atoms with Gasteiger partial charge in [0, 0.05) is 111 Å². The van der Waals surface area contributed by atoms with Crippen molar-refractivity contribution >= 4 is 63.3 Å². The lowest BCUT2D eigenvalue weighted by Crippen LogP contribution is -2.62. The smallest absolute Gasteiger partial charge is 0.329 e. The number of nitrogens with two attached hydrogens (primary N) is 1. The Labute approximate surface area is 760 Å². The van der Waals surface area contributed by atoms with Crippen LogP contribution in [-0.4, -0.2) is 286 Å². The van der Waals surface area contributed by atoms with E-state index in [4.69, 9.17) is 81.6 Å². The van der Waals surface area contributed by atoms with E-state index in [1.165, 1.54) is 23.9 Å². The van der Waals surface area contributed by atoms with Crippen LogP contribution in [0.15, 0.2) is 94.7 Å². The number of aromatic nitrogens is 5. The van der Waals surface area contributed by atoms with Gasteiger partial charge in [0.1, 0.15) is 53.8 Å². The molecule has 4 aliphatic heterocycles. The number of hydrogen-bond acceptors (Lipinski definition) is 29. The molecule has 0 spiro atoms. The van der Waals surface area contributed by atoms with Crippen molar-refractivity contribution in [3.63, 3.8) is 0 Å². The number of esters is 2. The minimum atomic E-state index is -2.87. The second kappa shape index (κ2) is 54.1. The number of aryl methyl sites for hydroxylation is 1. The molecular formula is C97H144N8O24. The van der Waals surface area contributed by atoms with Crippen LogP contribution >= 0.6 is 0 Å². The average Bonchev–Trinajstić information content (AvgIpc) is 1.45. The van der Waals surface area contributed by atoms with E-state index in [1.807, 2.05) is 92.8 Å². The lowest BCUT2D eigenvalue weighted by Gasteiger charge is -2.40. The lowest BCUT2D eigenvalue weighted by molar-refractivity contribution is -0.231. The molecule has 2 saturated heterocycles. The van der Waals surface area contributed by atoms with E-state index in [-0.39, 0.29) is 67.6 Å². The van der Waals surface area contributed by atoms with Gasteiger partial charge in [-0.15, -0.1) is 0 Å². The summed E-state index contributed by atoms with van der Waals surface area (Å²) in [6, 6.07) is 11.0. The van der Waals surface area contributed by atoms with Crippen LogP contribution < -0.4 is 5.73 Å². The number of amides is 2. The Hall–Kier alpha value is -8.16.